The van der Waals surface area contributed by atoms with Crippen LogP contribution in [0.3, 0.4) is 0 Å². The van der Waals surface area contributed by atoms with Gasteiger partial charge < -0.3 is 26.0 Å². The molecular weight excluding hydrogens is 575 g/mol. The average molecular weight is 612 g/mol. The molecule has 13 heteroatoms. The van der Waals surface area contributed by atoms with Gasteiger partial charge in [-0.2, -0.15) is 13.2 Å². The molecule has 44 heavy (non-hydrogen) atoms. The molecule has 0 saturated carbocycles. The average Bonchev–Trinajstić information content (AvgIpc) is 3.01. The highest BCUT2D eigenvalue weighted by atomic mass is 19.4. The van der Waals surface area contributed by atoms with Gasteiger partial charge in [0.25, 0.3) is 11.8 Å². The predicted molar refractivity (Wildman–Crippen MR) is 160 cm³/mol. The topological polar surface area (TPSA) is 126 Å². The summed E-state index contributed by atoms with van der Waals surface area (Å²) in [5.74, 6) is 0.711. The van der Waals surface area contributed by atoms with E-state index in [0.29, 0.717) is 61.8 Å². The van der Waals surface area contributed by atoms with Crippen LogP contribution in [-0.2, 0) is 0 Å². The maximum absolute atomic E-state index is 12.8. The number of nitrogens with one attached hydrogen (secondary N) is 2. The zero-order valence-corrected chi connectivity index (χ0v) is 24.4. The largest absolute Gasteiger partial charge is 0.497 e. The van der Waals surface area contributed by atoms with Crippen molar-refractivity contribution < 1.29 is 27.5 Å². The lowest BCUT2D eigenvalue weighted by molar-refractivity contribution is -0.147. The van der Waals surface area contributed by atoms with E-state index in [-0.39, 0.29) is 29.4 Å². The first-order chi connectivity index (χ1) is 21.1. The number of nitrogens with zero attached hydrogens (tertiary/aromatic N) is 4. The van der Waals surface area contributed by atoms with Crippen molar-refractivity contribution in [2.45, 2.75) is 43.8 Å². The minimum absolute atomic E-state index is 0.00349. The van der Waals surface area contributed by atoms with Gasteiger partial charge in [-0.05, 0) is 86.7 Å². The summed E-state index contributed by atoms with van der Waals surface area (Å²) in [6.45, 7) is 1.15. The van der Waals surface area contributed by atoms with Gasteiger partial charge in [-0.1, -0.05) is 12.1 Å². The Morgan fingerprint density at radius 2 is 1.73 bits per heavy atom. The first kappa shape index (κ1) is 31.0. The van der Waals surface area contributed by atoms with Crippen LogP contribution in [0.2, 0.25) is 0 Å². The highest BCUT2D eigenvalue weighted by molar-refractivity contribution is 5.96. The number of carbonyl (C=O) groups excluding carboxylic acids is 2. The molecule has 2 aliphatic heterocycles. The third-order valence-corrected chi connectivity index (χ3v) is 8.06. The zero-order valence-electron chi connectivity index (χ0n) is 24.4. The smallest absolute Gasteiger partial charge is 0.401 e. The molecule has 3 aromatic rings. The zero-order chi connectivity index (χ0) is 31.3. The molecule has 0 radical (unpaired) electrons. The Morgan fingerprint density at radius 1 is 1.02 bits per heavy atom. The molecule has 3 heterocycles. The SMILES string of the molecule is COc1ccc(C(=O)NC2CCCN(c3cnc(C(N)=O)c(Nc4ccc(C5CCN(CC(F)(F)F)CC5)cc4)n3)C2)cc1. The number of primary amides is 1. The van der Waals surface area contributed by atoms with E-state index in [1.165, 1.54) is 11.1 Å². The summed E-state index contributed by atoms with van der Waals surface area (Å²) in [6, 6.07) is 14.4. The Bertz CT molecular complexity index is 1440. The highest BCUT2D eigenvalue weighted by Crippen LogP contribution is 2.31. The summed E-state index contributed by atoms with van der Waals surface area (Å²) >= 11 is 0. The summed E-state index contributed by atoms with van der Waals surface area (Å²) in [5, 5.41) is 6.25. The van der Waals surface area contributed by atoms with E-state index in [1.54, 1.807) is 31.4 Å². The van der Waals surface area contributed by atoms with Gasteiger partial charge in [0.1, 0.15) is 11.6 Å². The number of amides is 2. The van der Waals surface area contributed by atoms with Crippen LogP contribution in [0.25, 0.3) is 0 Å². The molecule has 2 amide bonds. The predicted octanol–water partition coefficient (Wildman–Crippen LogP) is 4.47. The van der Waals surface area contributed by atoms with Gasteiger partial charge in [0.2, 0.25) is 0 Å². The standard InChI is InChI=1S/C31H36F3N7O3/c1-44-25-10-6-22(7-11-25)30(43)38-24-3-2-14-41(18-24)26-17-36-27(28(35)42)29(39-26)37-23-8-4-20(5-9-23)21-12-15-40(16-13-21)19-31(32,33)34/h4-11,17,21,24H,2-3,12-16,18-19H2,1H3,(H2,35,42)(H,37,39)(H,38,43). The first-order valence-corrected chi connectivity index (χ1v) is 14.6. The van der Waals surface area contributed by atoms with Crippen molar-refractivity contribution in [3.8, 4) is 5.75 Å². The Hall–Kier alpha value is -4.39. The van der Waals surface area contributed by atoms with Crippen molar-refractivity contribution in [3.63, 3.8) is 0 Å². The number of anilines is 3. The fraction of sp³-hybridized carbons (Fsp3) is 0.419. The molecule has 5 rings (SSSR count). The number of aromatic nitrogens is 2. The second-order valence-electron chi connectivity index (χ2n) is 11.2. The molecule has 2 fully saturated rings. The normalized spacial score (nSPS) is 18.1. The van der Waals surface area contributed by atoms with Crippen LogP contribution in [0, 0.1) is 0 Å². The number of hydrogen-bond acceptors (Lipinski definition) is 8. The Kier molecular flexibility index (Phi) is 9.52. The van der Waals surface area contributed by atoms with Crippen LogP contribution in [0.5, 0.6) is 5.75 Å². The number of carbonyl (C=O) groups is 2. The number of benzene rings is 2. The van der Waals surface area contributed by atoms with Crippen molar-refractivity contribution >= 4 is 29.1 Å². The summed E-state index contributed by atoms with van der Waals surface area (Å²) in [6.07, 6.45) is 0.260. The molecule has 2 aromatic carbocycles. The Balaban J connectivity index is 1.23. The number of halogens is 3. The molecule has 2 saturated heterocycles. The van der Waals surface area contributed by atoms with Gasteiger partial charge in [0.15, 0.2) is 11.5 Å². The molecule has 10 nitrogen and oxygen atoms in total. The van der Waals surface area contributed by atoms with Crippen LogP contribution in [-0.4, -0.2) is 78.7 Å². The maximum Gasteiger partial charge on any atom is 0.401 e. The lowest BCUT2D eigenvalue weighted by atomic mass is 9.89. The first-order valence-electron chi connectivity index (χ1n) is 14.6. The molecular formula is C31H36F3N7O3. The number of methoxy groups -OCH3 is 1. The summed E-state index contributed by atoms with van der Waals surface area (Å²) < 4.78 is 43.3. The lowest BCUT2D eigenvalue weighted by Crippen LogP contribution is -2.48. The lowest BCUT2D eigenvalue weighted by Gasteiger charge is -2.34. The second kappa shape index (κ2) is 13.5. The number of likely N-dealkylation sites (tertiary alicyclic amines) is 1. The summed E-state index contributed by atoms with van der Waals surface area (Å²) in [7, 11) is 1.57. The van der Waals surface area contributed by atoms with Crippen LogP contribution in [0.4, 0.5) is 30.5 Å². The van der Waals surface area contributed by atoms with E-state index in [2.05, 4.69) is 20.6 Å². The fourth-order valence-corrected chi connectivity index (χ4v) is 5.77. The van der Waals surface area contributed by atoms with E-state index in [4.69, 9.17) is 10.5 Å². The molecule has 0 spiro atoms. The van der Waals surface area contributed by atoms with Gasteiger partial charge >= 0.3 is 6.18 Å². The van der Waals surface area contributed by atoms with Crippen LogP contribution in [0.15, 0.2) is 54.7 Å². The third kappa shape index (κ3) is 7.95. The summed E-state index contributed by atoms with van der Waals surface area (Å²) in [5.41, 5.74) is 7.85. The van der Waals surface area contributed by atoms with Crippen molar-refractivity contribution in [1.29, 1.82) is 0 Å². The Labute approximate surface area is 253 Å². The molecule has 2 aliphatic rings. The monoisotopic (exact) mass is 611 g/mol. The van der Waals surface area contributed by atoms with Gasteiger partial charge in [-0.15, -0.1) is 0 Å². The van der Waals surface area contributed by atoms with Gasteiger partial charge in [0, 0.05) is 30.4 Å². The van der Waals surface area contributed by atoms with E-state index in [1.807, 2.05) is 29.2 Å². The van der Waals surface area contributed by atoms with Gasteiger partial charge in [-0.25, -0.2) is 9.97 Å². The molecule has 0 bridgehead atoms. The molecule has 234 valence electrons. The van der Waals surface area contributed by atoms with Crippen molar-refractivity contribution in [2.75, 3.05) is 50.1 Å². The third-order valence-electron chi connectivity index (χ3n) is 8.06. The minimum Gasteiger partial charge on any atom is -0.497 e. The molecule has 1 unspecified atom stereocenters. The molecule has 4 N–H and O–H groups in total. The van der Waals surface area contributed by atoms with Gasteiger partial charge in [-0.3, -0.25) is 14.5 Å². The number of rotatable bonds is 9. The molecule has 0 aliphatic carbocycles. The maximum atomic E-state index is 12.8. The second-order valence-corrected chi connectivity index (χ2v) is 11.2. The van der Waals surface area contributed by atoms with E-state index < -0.39 is 18.6 Å². The molecule has 1 aromatic heterocycles. The number of hydrogen-bond donors (Lipinski definition) is 3. The minimum atomic E-state index is -4.19. The quantitative estimate of drug-likeness (QED) is 0.324. The van der Waals surface area contributed by atoms with Crippen LogP contribution in [0.1, 0.15) is 58.0 Å². The van der Waals surface area contributed by atoms with Crippen LogP contribution < -0.4 is 26.0 Å². The Morgan fingerprint density at radius 3 is 2.36 bits per heavy atom. The fourth-order valence-electron chi connectivity index (χ4n) is 5.77. The van der Waals surface area contributed by atoms with Crippen molar-refractivity contribution in [3.05, 3.63) is 71.5 Å². The van der Waals surface area contributed by atoms with Crippen molar-refractivity contribution in [2.24, 2.45) is 5.73 Å². The van der Waals surface area contributed by atoms with E-state index in [0.717, 1.165) is 18.4 Å². The number of alkyl halides is 3. The number of nitrogens with two attached hydrogens (primary N) is 1. The van der Waals surface area contributed by atoms with Crippen molar-refractivity contribution in [1.82, 2.24) is 20.2 Å². The highest BCUT2D eigenvalue weighted by Gasteiger charge is 2.33. The number of piperidine rings is 2. The van der Waals surface area contributed by atoms with Crippen LogP contribution >= 0.6 is 0 Å². The number of ether oxygens (including phenoxy) is 1. The van der Waals surface area contributed by atoms with Gasteiger partial charge in [0.05, 0.1) is 19.9 Å². The summed E-state index contributed by atoms with van der Waals surface area (Å²) in [4.78, 5) is 37.4. The van der Waals surface area contributed by atoms with E-state index in [9.17, 15) is 22.8 Å². The van der Waals surface area contributed by atoms with E-state index >= 15 is 0 Å². The molecule has 1 atom stereocenters.